The molecule has 0 atom stereocenters. The van der Waals surface area contributed by atoms with E-state index in [1.54, 1.807) is 17.0 Å². The van der Waals surface area contributed by atoms with Crippen LogP contribution in [-0.2, 0) is 22.6 Å². The van der Waals surface area contributed by atoms with E-state index >= 15 is 0 Å². The second-order valence-electron chi connectivity index (χ2n) is 5.46. The van der Waals surface area contributed by atoms with E-state index in [-0.39, 0.29) is 23.9 Å². The molecule has 5 nitrogen and oxygen atoms in total. The summed E-state index contributed by atoms with van der Waals surface area (Å²) in [4.78, 5) is 30.3. The van der Waals surface area contributed by atoms with Gasteiger partial charge in [-0.3, -0.25) is 9.59 Å². The van der Waals surface area contributed by atoms with Gasteiger partial charge in [-0.2, -0.15) is 0 Å². The number of amides is 2. The monoisotopic (exact) mass is 381 g/mol. The zero-order valence-electron chi connectivity index (χ0n) is 14.1. The number of hydrogen-bond acceptors (Lipinski definition) is 5. The molecule has 2 N–H and O–H groups in total. The second-order valence-corrected chi connectivity index (χ2v) is 7.76. The number of thioether (sulfide) groups is 1. The highest BCUT2D eigenvalue weighted by Gasteiger charge is 2.16. The first-order valence-electron chi connectivity index (χ1n) is 7.78. The Bertz CT molecular complexity index is 764. The summed E-state index contributed by atoms with van der Waals surface area (Å²) in [6.07, 6.45) is 0.165. The Kier molecular flexibility index (Phi) is 6.95. The van der Waals surface area contributed by atoms with Gasteiger partial charge >= 0.3 is 0 Å². The number of carbonyl (C=O) groups is 2. The van der Waals surface area contributed by atoms with Gasteiger partial charge in [-0.05, 0) is 31.5 Å². The van der Waals surface area contributed by atoms with Crippen LogP contribution in [0.15, 0.2) is 28.6 Å². The number of nitrogens with zero attached hydrogens (tertiary/aromatic N) is 2. The fraction of sp³-hybridized carbons (Fsp3) is 0.353. The van der Waals surface area contributed by atoms with Crippen molar-refractivity contribution in [3.8, 4) is 0 Å². The Morgan fingerprint density at radius 1 is 1.40 bits per heavy atom. The molecule has 0 spiro atoms. The molecule has 2 aromatic rings. The van der Waals surface area contributed by atoms with Crippen molar-refractivity contribution >= 4 is 34.9 Å². The van der Waals surface area contributed by atoms with Gasteiger partial charge in [-0.15, -0.1) is 11.3 Å². The maximum atomic E-state index is 13.3. The molecule has 0 unspecified atom stereocenters. The van der Waals surface area contributed by atoms with Crippen LogP contribution in [0.25, 0.3) is 0 Å². The number of carbonyl (C=O) groups excluding carboxylic acids is 2. The second kappa shape index (κ2) is 8.96. The standard InChI is InChI=1S/C17H20FN3O2S2/c1-3-21(9-12-5-4-6-13(18)7-12)16(23)10-24-17-20-11(2)14(25-17)8-15(19)22/h4-7H,3,8-10H2,1-2H3,(H2,19,22). The van der Waals surface area contributed by atoms with Crippen molar-refractivity contribution in [1.82, 2.24) is 9.88 Å². The van der Waals surface area contributed by atoms with Crippen LogP contribution in [0.1, 0.15) is 23.1 Å². The van der Waals surface area contributed by atoms with Crippen LogP contribution in [0.2, 0.25) is 0 Å². The molecular formula is C17H20FN3O2S2. The lowest BCUT2D eigenvalue weighted by Crippen LogP contribution is -2.31. The molecule has 0 aliphatic carbocycles. The summed E-state index contributed by atoms with van der Waals surface area (Å²) in [5.41, 5.74) is 6.74. The van der Waals surface area contributed by atoms with E-state index in [1.807, 2.05) is 13.8 Å². The lowest BCUT2D eigenvalue weighted by molar-refractivity contribution is -0.128. The number of primary amides is 1. The molecule has 0 fully saturated rings. The van der Waals surface area contributed by atoms with E-state index in [1.165, 1.54) is 35.2 Å². The van der Waals surface area contributed by atoms with Crippen molar-refractivity contribution in [2.45, 2.75) is 31.2 Å². The van der Waals surface area contributed by atoms with E-state index in [2.05, 4.69) is 4.98 Å². The molecule has 1 aromatic carbocycles. The molecular weight excluding hydrogens is 361 g/mol. The van der Waals surface area contributed by atoms with Crippen LogP contribution in [-0.4, -0.2) is 34.0 Å². The number of aryl methyl sites for hydroxylation is 1. The van der Waals surface area contributed by atoms with Crippen molar-refractivity contribution in [3.05, 3.63) is 46.2 Å². The molecule has 0 saturated carbocycles. The van der Waals surface area contributed by atoms with Gasteiger partial charge < -0.3 is 10.6 Å². The summed E-state index contributed by atoms with van der Waals surface area (Å²) in [7, 11) is 0. The Morgan fingerprint density at radius 3 is 2.80 bits per heavy atom. The molecule has 8 heteroatoms. The minimum absolute atomic E-state index is 0.0407. The summed E-state index contributed by atoms with van der Waals surface area (Å²) in [5.74, 6) is -0.505. The molecule has 2 amide bonds. The molecule has 1 aromatic heterocycles. The molecule has 25 heavy (non-hydrogen) atoms. The predicted octanol–water partition coefficient (Wildman–Crippen LogP) is 2.76. The molecule has 1 heterocycles. The first-order chi connectivity index (χ1) is 11.9. The van der Waals surface area contributed by atoms with Crippen LogP contribution in [0, 0.1) is 12.7 Å². The van der Waals surface area contributed by atoms with E-state index in [9.17, 15) is 14.0 Å². The van der Waals surface area contributed by atoms with Gasteiger partial charge in [0.05, 0.1) is 17.9 Å². The highest BCUT2D eigenvalue weighted by molar-refractivity contribution is 8.01. The average Bonchev–Trinajstić information content (AvgIpc) is 2.89. The molecule has 2 rings (SSSR count). The van der Waals surface area contributed by atoms with Gasteiger partial charge in [0.2, 0.25) is 11.8 Å². The Morgan fingerprint density at radius 2 is 2.16 bits per heavy atom. The summed E-state index contributed by atoms with van der Waals surface area (Å²) in [5, 5.41) is 0. The van der Waals surface area contributed by atoms with Crippen LogP contribution in [0.3, 0.4) is 0 Å². The van der Waals surface area contributed by atoms with Crippen molar-refractivity contribution in [2.24, 2.45) is 5.73 Å². The van der Waals surface area contributed by atoms with Gasteiger partial charge in [0.1, 0.15) is 5.82 Å². The molecule has 0 radical (unpaired) electrons. The van der Waals surface area contributed by atoms with E-state index in [4.69, 9.17) is 5.73 Å². The molecule has 134 valence electrons. The normalized spacial score (nSPS) is 10.7. The zero-order chi connectivity index (χ0) is 18.4. The molecule has 0 aliphatic heterocycles. The maximum Gasteiger partial charge on any atom is 0.233 e. The van der Waals surface area contributed by atoms with E-state index < -0.39 is 5.91 Å². The lowest BCUT2D eigenvalue weighted by Gasteiger charge is -2.20. The number of rotatable bonds is 8. The SMILES string of the molecule is CCN(Cc1cccc(F)c1)C(=O)CSc1nc(C)c(CC(N)=O)s1. The third-order valence-corrected chi connectivity index (χ3v) is 5.81. The third kappa shape index (κ3) is 5.82. The number of thiazole rings is 1. The van der Waals surface area contributed by atoms with Crippen LogP contribution < -0.4 is 5.73 Å². The average molecular weight is 381 g/mol. The van der Waals surface area contributed by atoms with Gasteiger partial charge in [-0.1, -0.05) is 23.9 Å². The predicted molar refractivity (Wildman–Crippen MR) is 98.0 cm³/mol. The van der Waals surface area contributed by atoms with Crippen molar-refractivity contribution < 1.29 is 14.0 Å². The Hall–Kier alpha value is -1.93. The fourth-order valence-corrected chi connectivity index (χ4v) is 4.38. The van der Waals surface area contributed by atoms with E-state index in [0.717, 1.165) is 20.5 Å². The van der Waals surface area contributed by atoms with Gasteiger partial charge in [-0.25, -0.2) is 9.37 Å². The van der Waals surface area contributed by atoms with Gasteiger partial charge in [0.15, 0.2) is 4.34 Å². The molecule has 0 saturated heterocycles. The fourth-order valence-electron chi connectivity index (χ4n) is 2.23. The van der Waals surface area contributed by atoms with Crippen molar-refractivity contribution in [2.75, 3.05) is 12.3 Å². The lowest BCUT2D eigenvalue weighted by atomic mass is 10.2. The van der Waals surface area contributed by atoms with Crippen molar-refractivity contribution in [3.63, 3.8) is 0 Å². The zero-order valence-corrected chi connectivity index (χ0v) is 15.8. The van der Waals surface area contributed by atoms with Gasteiger partial charge in [0.25, 0.3) is 0 Å². The molecule has 0 aliphatic rings. The van der Waals surface area contributed by atoms with Gasteiger partial charge in [0, 0.05) is 18.0 Å². The van der Waals surface area contributed by atoms with Crippen LogP contribution in [0.4, 0.5) is 4.39 Å². The first-order valence-corrected chi connectivity index (χ1v) is 9.59. The minimum Gasteiger partial charge on any atom is -0.369 e. The van der Waals surface area contributed by atoms with Crippen LogP contribution >= 0.6 is 23.1 Å². The first kappa shape index (κ1) is 19.4. The van der Waals surface area contributed by atoms with Crippen molar-refractivity contribution in [1.29, 1.82) is 0 Å². The van der Waals surface area contributed by atoms with E-state index in [0.29, 0.717) is 13.1 Å². The number of benzene rings is 1. The quantitative estimate of drug-likeness (QED) is 0.714. The number of nitrogens with two attached hydrogens (primary N) is 1. The summed E-state index contributed by atoms with van der Waals surface area (Å²) >= 11 is 2.72. The number of hydrogen-bond donors (Lipinski definition) is 1. The highest BCUT2D eigenvalue weighted by atomic mass is 32.2. The summed E-state index contributed by atoms with van der Waals surface area (Å²) in [6, 6.07) is 6.25. The topological polar surface area (TPSA) is 76.3 Å². The summed E-state index contributed by atoms with van der Waals surface area (Å²) < 4.78 is 14.0. The molecule has 0 bridgehead atoms. The minimum atomic E-state index is -0.397. The number of halogens is 1. The third-order valence-electron chi connectivity index (χ3n) is 3.52. The van der Waals surface area contributed by atoms with Crippen LogP contribution in [0.5, 0.6) is 0 Å². The largest absolute Gasteiger partial charge is 0.369 e. The summed E-state index contributed by atoms with van der Waals surface area (Å²) in [6.45, 7) is 4.63. The number of aromatic nitrogens is 1. The smallest absolute Gasteiger partial charge is 0.233 e. The highest BCUT2D eigenvalue weighted by Crippen LogP contribution is 2.27. The Balaban J connectivity index is 1.94. The maximum absolute atomic E-state index is 13.3. The Labute approximate surface area is 154 Å².